The second kappa shape index (κ2) is 5.60. The molecule has 1 rings (SSSR count). The summed E-state index contributed by atoms with van der Waals surface area (Å²) in [6, 6.07) is 4.27. The molecular formula is C11H18N2O. The van der Waals surface area contributed by atoms with Gasteiger partial charge in [0.2, 0.25) is 0 Å². The molecular weight excluding hydrogens is 176 g/mol. The molecule has 3 heteroatoms. The van der Waals surface area contributed by atoms with E-state index in [-0.39, 0.29) is 0 Å². The fraction of sp³-hybridized carbons (Fsp3) is 0.545. The van der Waals surface area contributed by atoms with Crippen LogP contribution in [0, 0.1) is 5.92 Å². The smallest absolute Gasteiger partial charge is 0.0666 e. The Balaban J connectivity index is 2.55. The maximum Gasteiger partial charge on any atom is 0.0666 e. The molecule has 0 aliphatic carbocycles. The molecule has 1 atom stereocenters. The van der Waals surface area contributed by atoms with Gasteiger partial charge in [-0.25, -0.2) is 0 Å². The lowest BCUT2D eigenvalue weighted by molar-refractivity contribution is 0.171. The van der Waals surface area contributed by atoms with Crippen molar-refractivity contribution in [2.75, 3.05) is 19.0 Å². The van der Waals surface area contributed by atoms with Crippen LogP contribution in [0.15, 0.2) is 24.5 Å². The number of anilines is 1. The highest BCUT2D eigenvalue weighted by atomic mass is 16.5. The van der Waals surface area contributed by atoms with Gasteiger partial charge in [-0.15, -0.1) is 0 Å². The zero-order valence-corrected chi connectivity index (χ0v) is 9.03. The van der Waals surface area contributed by atoms with Crippen LogP contribution in [0.2, 0.25) is 0 Å². The van der Waals surface area contributed by atoms with Crippen LogP contribution in [0.3, 0.4) is 0 Å². The van der Waals surface area contributed by atoms with Crippen molar-refractivity contribution in [3.63, 3.8) is 0 Å². The first kappa shape index (κ1) is 11.0. The summed E-state index contributed by atoms with van der Waals surface area (Å²) < 4.78 is 5.15. The third-order valence-corrected chi connectivity index (χ3v) is 2.16. The van der Waals surface area contributed by atoms with Gasteiger partial charge in [-0.05, 0) is 18.1 Å². The molecule has 0 radical (unpaired) electrons. The van der Waals surface area contributed by atoms with Crippen molar-refractivity contribution >= 4 is 5.69 Å². The third kappa shape index (κ3) is 3.34. The standard InChI is InChI=1S/C11H18N2O/c1-9(2)11(8-14-3)13-10-5-4-6-12-7-10/h4-7,9,11,13H,8H2,1-3H3. The van der Waals surface area contributed by atoms with Crippen LogP contribution < -0.4 is 5.32 Å². The number of rotatable bonds is 5. The average Bonchev–Trinajstić information content (AvgIpc) is 2.18. The van der Waals surface area contributed by atoms with Crippen molar-refractivity contribution in [1.29, 1.82) is 0 Å². The monoisotopic (exact) mass is 194 g/mol. The van der Waals surface area contributed by atoms with Crippen molar-refractivity contribution in [1.82, 2.24) is 4.98 Å². The van der Waals surface area contributed by atoms with Gasteiger partial charge in [-0.1, -0.05) is 13.8 Å². The largest absolute Gasteiger partial charge is 0.383 e. The summed E-state index contributed by atoms with van der Waals surface area (Å²) in [5.41, 5.74) is 1.04. The van der Waals surface area contributed by atoms with Crippen LogP contribution >= 0.6 is 0 Å². The summed E-state index contributed by atoms with van der Waals surface area (Å²) in [6.45, 7) is 5.06. The molecule has 1 unspecified atom stereocenters. The Morgan fingerprint density at radius 2 is 2.29 bits per heavy atom. The number of aromatic nitrogens is 1. The van der Waals surface area contributed by atoms with Gasteiger partial charge in [-0.2, -0.15) is 0 Å². The van der Waals surface area contributed by atoms with E-state index in [1.54, 1.807) is 13.3 Å². The fourth-order valence-corrected chi connectivity index (χ4v) is 1.24. The SMILES string of the molecule is COCC(Nc1cccnc1)C(C)C. The molecule has 78 valence electrons. The van der Waals surface area contributed by atoms with Crippen molar-refractivity contribution in [3.8, 4) is 0 Å². The number of nitrogens with one attached hydrogen (secondary N) is 1. The van der Waals surface area contributed by atoms with Gasteiger partial charge in [0.25, 0.3) is 0 Å². The number of ether oxygens (including phenoxy) is 1. The Hall–Kier alpha value is -1.09. The number of methoxy groups -OCH3 is 1. The lowest BCUT2D eigenvalue weighted by Gasteiger charge is -2.22. The summed E-state index contributed by atoms with van der Waals surface area (Å²) in [5.74, 6) is 0.537. The minimum absolute atomic E-state index is 0.337. The summed E-state index contributed by atoms with van der Waals surface area (Å²) in [5, 5.41) is 3.39. The minimum Gasteiger partial charge on any atom is -0.383 e. The summed E-state index contributed by atoms with van der Waals surface area (Å²) in [6.07, 6.45) is 3.59. The first-order valence-electron chi connectivity index (χ1n) is 4.89. The van der Waals surface area contributed by atoms with E-state index in [4.69, 9.17) is 4.74 Å². The van der Waals surface area contributed by atoms with Crippen LogP contribution in [0.5, 0.6) is 0 Å². The highest BCUT2D eigenvalue weighted by Crippen LogP contribution is 2.11. The van der Waals surface area contributed by atoms with E-state index >= 15 is 0 Å². The number of hydrogen-bond acceptors (Lipinski definition) is 3. The van der Waals surface area contributed by atoms with E-state index in [9.17, 15) is 0 Å². The predicted molar refractivity (Wildman–Crippen MR) is 58.4 cm³/mol. The lowest BCUT2D eigenvalue weighted by Crippen LogP contribution is -2.30. The molecule has 1 N–H and O–H groups in total. The van der Waals surface area contributed by atoms with Gasteiger partial charge in [0.05, 0.1) is 18.3 Å². The number of nitrogens with zero attached hydrogens (tertiary/aromatic N) is 1. The molecule has 0 spiro atoms. The minimum atomic E-state index is 0.337. The van der Waals surface area contributed by atoms with Crippen LogP contribution in [0.1, 0.15) is 13.8 Å². The molecule has 0 bridgehead atoms. The molecule has 0 saturated carbocycles. The van der Waals surface area contributed by atoms with Crippen LogP contribution in [0.25, 0.3) is 0 Å². The summed E-state index contributed by atoms with van der Waals surface area (Å²) in [7, 11) is 1.72. The summed E-state index contributed by atoms with van der Waals surface area (Å²) >= 11 is 0. The Kier molecular flexibility index (Phi) is 4.40. The quantitative estimate of drug-likeness (QED) is 0.780. The molecule has 14 heavy (non-hydrogen) atoms. The molecule has 1 heterocycles. The highest BCUT2D eigenvalue weighted by Gasteiger charge is 2.12. The average molecular weight is 194 g/mol. The lowest BCUT2D eigenvalue weighted by atomic mass is 10.1. The van der Waals surface area contributed by atoms with E-state index in [2.05, 4.69) is 24.1 Å². The molecule has 1 aromatic heterocycles. The molecule has 3 nitrogen and oxygen atoms in total. The van der Waals surface area contributed by atoms with E-state index in [1.165, 1.54) is 0 Å². The van der Waals surface area contributed by atoms with Crippen LogP contribution in [-0.2, 0) is 4.74 Å². The van der Waals surface area contributed by atoms with E-state index in [0.717, 1.165) is 5.69 Å². The second-order valence-corrected chi connectivity index (χ2v) is 3.69. The Bertz CT molecular complexity index is 249. The van der Waals surface area contributed by atoms with E-state index in [1.807, 2.05) is 18.3 Å². The van der Waals surface area contributed by atoms with Crippen molar-refractivity contribution in [3.05, 3.63) is 24.5 Å². The molecule has 0 fully saturated rings. The zero-order valence-electron chi connectivity index (χ0n) is 9.03. The van der Waals surface area contributed by atoms with Crippen molar-refractivity contribution in [2.24, 2.45) is 5.92 Å². The first-order valence-corrected chi connectivity index (χ1v) is 4.89. The van der Waals surface area contributed by atoms with Gasteiger partial charge >= 0.3 is 0 Å². The second-order valence-electron chi connectivity index (χ2n) is 3.69. The molecule has 1 aromatic rings. The molecule has 0 aliphatic heterocycles. The van der Waals surface area contributed by atoms with Gasteiger partial charge in [0.1, 0.15) is 0 Å². The van der Waals surface area contributed by atoms with E-state index < -0.39 is 0 Å². The van der Waals surface area contributed by atoms with Crippen molar-refractivity contribution in [2.45, 2.75) is 19.9 Å². The highest BCUT2D eigenvalue weighted by molar-refractivity contribution is 5.40. The molecule has 0 amide bonds. The van der Waals surface area contributed by atoms with E-state index in [0.29, 0.717) is 18.6 Å². The predicted octanol–water partition coefficient (Wildman–Crippen LogP) is 2.16. The van der Waals surface area contributed by atoms with Gasteiger partial charge < -0.3 is 10.1 Å². The fourth-order valence-electron chi connectivity index (χ4n) is 1.24. The molecule has 0 aromatic carbocycles. The zero-order chi connectivity index (χ0) is 10.4. The molecule has 0 saturated heterocycles. The maximum absolute atomic E-state index is 5.15. The van der Waals surface area contributed by atoms with Gasteiger partial charge in [0, 0.05) is 19.5 Å². The number of hydrogen-bond donors (Lipinski definition) is 1. The van der Waals surface area contributed by atoms with Crippen molar-refractivity contribution < 1.29 is 4.74 Å². The Morgan fingerprint density at radius 3 is 2.79 bits per heavy atom. The number of pyridine rings is 1. The first-order chi connectivity index (χ1) is 6.74. The van der Waals surface area contributed by atoms with Gasteiger partial charge in [-0.3, -0.25) is 4.98 Å². The summed E-state index contributed by atoms with van der Waals surface area (Å²) in [4.78, 5) is 4.05. The Labute approximate surface area is 85.5 Å². The van der Waals surface area contributed by atoms with Crippen LogP contribution in [-0.4, -0.2) is 24.7 Å². The normalized spacial score (nSPS) is 12.9. The Morgan fingerprint density at radius 1 is 1.50 bits per heavy atom. The van der Waals surface area contributed by atoms with Gasteiger partial charge in [0.15, 0.2) is 0 Å². The molecule has 0 aliphatic rings. The van der Waals surface area contributed by atoms with Crippen LogP contribution in [0.4, 0.5) is 5.69 Å². The topological polar surface area (TPSA) is 34.1 Å². The maximum atomic E-state index is 5.15. The third-order valence-electron chi connectivity index (χ3n) is 2.16.